The van der Waals surface area contributed by atoms with Crippen LogP contribution in [0.1, 0.15) is 38.1 Å². The maximum atomic E-state index is 5.99. The van der Waals surface area contributed by atoms with Crippen molar-refractivity contribution in [1.82, 2.24) is 14.7 Å². The number of ether oxygens (including phenoxy) is 2. The number of rotatable bonds is 3. The molecule has 0 radical (unpaired) electrons. The van der Waals surface area contributed by atoms with Gasteiger partial charge in [-0.05, 0) is 45.3 Å². The maximum Gasteiger partial charge on any atom is 0.151 e. The lowest BCUT2D eigenvalue weighted by molar-refractivity contribution is -0.0448. The van der Waals surface area contributed by atoms with E-state index in [0.29, 0.717) is 6.04 Å². The number of hydrogen-bond acceptors (Lipinski definition) is 5. The Labute approximate surface area is 146 Å². The summed E-state index contributed by atoms with van der Waals surface area (Å²) in [5.41, 5.74) is 1.04. The molecular weight excluding hydrogens is 324 g/mol. The average molecular weight is 350 g/mol. The molecule has 3 atom stereocenters. The largest absolute Gasteiger partial charge is 0.377 e. The van der Waals surface area contributed by atoms with Crippen LogP contribution >= 0.6 is 11.1 Å². The Kier molecular flexibility index (Phi) is 4.65. The van der Waals surface area contributed by atoms with Crippen LogP contribution in [0.4, 0.5) is 0 Å². The zero-order valence-electron chi connectivity index (χ0n) is 14.4. The summed E-state index contributed by atoms with van der Waals surface area (Å²) in [5, 5.41) is 7.26. The first-order valence-corrected chi connectivity index (χ1v) is 10.1. The normalized spacial score (nSPS) is 32.2. The van der Waals surface area contributed by atoms with Crippen LogP contribution in [0.25, 0.3) is 0 Å². The third-order valence-electron chi connectivity index (χ3n) is 4.77. The van der Waals surface area contributed by atoms with E-state index in [4.69, 9.17) is 19.0 Å². The summed E-state index contributed by atoms with van der Waals surface area (Å²) < 4.78 is 18.5. The van der Waals surface area contributed by atoms with Gasteiger partial charge in [0.2, 0.25) is 0 Å². The topological polar surface area (TPSA) is 51.9 Å². The van der Waals surface area contributed by atoms with Gasteiger partial charge in [-0.3, -0.25) is 0 Å². The molecule has 0 aliphatic carbocycles. The van der Waals surface area contributed by atoms with E-state index in [2.05, 4.69) is 35.6 Å². The van der Waals surface area contributed by atoms with E-state index in [1.165, 1.54) is 16.5 Å². The van der Waals surface area contributed by atoms with Crippen LogP contribution in [0, 0.1) is 6.92 Å². The van der Waals surface area contributed by atoms with Gasteiger partial charge in [-0.1, -0.05) is 11.1 Å². The fraction of sp³-hybridized carbons (Fsp3) is 0.647. The van der Waals surface area contributed by atoms with Crippen LogP contribution in [0.3, 0.4) is 0 Å². The van der Waals surface area contributed by atoms with Crippen LogP contribution < -0.4 is 0 Å². The van der Waals surface area contributed by atoms with Gasteiger partial charge in [0.25, 0.3) is 0 Å². The number of aromatic nitrogens is 2. The molecule has 4 heterocycles. The lowest BCUT2D eigenvalue weighted by Gasteiger charge is -2.38. The molecule has 3 aliphatic rings. The predicted octanol–water partition coefficient (Wildman–Crippen LogP) is 2.81. The quantitative estimate of drug-likeness (QED) is 0.852. The molecule has 2 fully saturated rings. The average Bonchev–Trinajstić information content (AvgIpc) is 3.22. The summed E-state index contributed by atoms with van der Waals surface area (Å²) in [5.74, 6) is 0. The fourth-order valence-corrected chi connectivity index (χ4v) is 5.64. The molecule has 6 nitrogen and oxygen atoms in total. The highest BCUT2D eigenvalue weighted by molar-refractivity contribution is 8.19. The third-order valence-corrected chi connectivity index (χ3v) is 6.74. The van der Waals surface area contributed by atoms with E-state index < -0.39 is 11.1 Å². The molecule has 0 spiro atoms. The lowest BCUT2D eigenvalue weighted by atomic mass is 10.2. The number of nitrogens with zero attached hydrogens (tertiary/aromatic N) is 4. The molecule has 3 aliphatic heterocycles. The zero-order chi connectivity index (χ0) is 16.5. The maximum absolute atomic E-state index is 5.99. The third kappa shape index (κ3) is 3.00. The molecular formula is C17H26N4O2S. The molecule has 0 N–H and O–H groups in total. The predicted molar refractivity (Wildman–Crippen MR) is 96.6 cm³/mol. The molecule has 0 amide bonds. The van der Waals surface area contributed by atoms with Crippen LogP contribution in [0.5, 0.6) is 0 Å². The van der Waals surface area contributed by atoms with Gasteiger partial charge in [-0.15, -0.1) is 0 Å². The van der Waals surface area contributed by atoms with Crippen LogP contribution in [0.15, 0.2) is 26.6 Å². The minimum absolute atomic E-state index is 0.0594. The van der Waals surface area contributed by atoms with E-state index >= 15 is 0 Å². The van der Waals surface area contributed by atoms with Gasteiger partial charge >= 0.3 is 0 Å². The summed E-state index contributed by atoms with van der Waals surface area (Å²) in [6.45, 7) is 7.60. The van der Waals surface area contributed by atoms with Crippen molar-refractivity contribution in [3.8, 4) is 0 Å². The highest BCUT2D eigenvalue weighted by atomic mass is 32.2. The van der Waals surface area contributed by atoms with E-state index in [0.717, 1.165) is 44.9 Å². The van der Waals surface area contributed by atoms with Crippen molar-refractivity contribution in [3.05, 3.63) is 22.9 Å². The van der Waals surface area contributed by atoms with Crippen molar-refractivity contribution in [1.29, 1.82) is 0 Å². The summed E-state index contributed by atoms with van der Waals surface area (Å²) in [6.07, 6.45) is 7.57. The molecule has 4 rings (SSSR count). The van der Waals surface area contributed by atoms with Crippen LogP contribution in [-0.2, 0) is 9.47 Å². The Morgan fingerprint density at radius 2 is 2.21 bits per heavy atom. The Morgan fingerprint density at radius 3 is 3.00 bits per heavy atom. The first-order chi connectivity index (χ1) is 11.7. The molecule has 24 heavy (non-hydrogen) atoms. The molecule has 1 aromatic rings. The first kappa shape index (κ1) is 16.2. The van der Waals surface area contributed by atoms with Crippen LogP contribution in [-0.4, -0.2) is 53.3 Å². The van der Waals surface area contributed by atoms with E-state index in [1.807, 2.05) is 6.21 Å². The Bertz CT molecular complexity index is 651. The molecule has 2 saturated heterocycles. The minimum Gasteiger partial charge on any atom is -0.377 e. The summed E-state index contributed by atoms with van der Waals surface area (Å²) >= 11 is -0.757. The van der Waals surface area contributed by atoms with Crippen molar-refractivity contribution in [3.63, 3.8) is 0 Å². The Hall–Kier alpha value is -1.31. The molecule has 0 bridgehead atoms. The highest BCUT2D eigenvalue weighted by Crippen LogP contribution is 2.50. The second-order valence-corrected chi connectivity index (χ2v) is 8.40. The van der Waals surface area contributed by atoms with Gasteiger partial charge < -0.3 is 14.4 Å². The minimum atomic E-state index is -0.757. The smallest absolute Gasteiger partial charge is 0.151 e. The van der Waals surface area contributed by atoms with Crippen molar-refractivity contribution in [2.24, 2.45) is 4.40 Å². The molecule has 132 valence electrons. The van der Waals surface area contributed by atoms with Gasteiger partial charge in [-0.25, -0.2) is 9.08 Å². The molecule has 1 aromatic heterocycles. The second kappa shape index (κ2) is 6.90. The van der Waals surface area contributed by atoms with Gasteiger partial charge in [0.1, 0.15) is 5.03 Å². The Balaban J connectivity index is 1.63. The number of morpholine rings is 1. The molecule has 0 saturated carbocycles. The zero-order valence-corrected chi connectivity index (χ0v) is 15.3. The summed E-state index contributed by atoms with van der Waals surface area (Å²) in [4.78, 5) is 2.45. The summed E-state index contributed by atoms with van der Waals surface area (Å²) in [6, 6.07) is 2.57. The molecule has 0 aromatic carbocycles. The highest BCUT2D eigenvalue weighted by Gasteiger charge is 2.30. The van der Waals surface area contributed by atoms with Crippen molar-refractivity contribution < 1.29 is 9.47 Å². The number of aryl methyl sites for hydroxylation is 1. The van der Waals surface area contributed by atoms with Crippen molar-refractivity contribution in [2.45, 2.75) is 50.4 Å². The van der Waals surface area contributed by atoms with E-state index in [1.54, 1.807) is 0 Å². The van der Waals surface area contributed by atoms with E-state index in [-0.39, 0.29) is 6.23 Å². The van der Waals surface area contributed by atoms with E-state index in [9.17, 15) is 0 Å². The van der Waals surface area contributed by atoms with Gasteiger partial charge in [-0.2, -0.15) is 5.10 Å². The lowest BCUT2D eigenvalue weighted by Crippen LogP contribution is -2.42. The monoisotopic (exact) mass is 350 g/mol. The van der Waals surface area contributed by atoms with Crippen molar-refractivity contribution in [2.75, 3.05) is 26.4 Å². The number of hydrogen-bond donors (Lipinski definition) is 1. The molecule has 7 heteroatoms. The van der Waals surface area contributed by atoms with Crippen molar-refractivity contribution >= 4 is 17.3 Å². The number of allylic oxidation sites excluding steroid dienone is 1. The molecule has 2 unspecified atom stereocenters. The first-order valence-electron chi connectivity index (χ1n) is 8.80. The van der Waals surface area contributed by atoms with Gasteiger partial charge in [0, 0.05) is 19.4 Å². The second-order valence-electron chi connectivity index (χ2n) is 6.63. The SMILES string of the molecule is Cc1cc([SH]2N=CC=C2N2CCOC[C@H]2C)n(C2CCCCO2)n1. The van der Waals surface area contributed by atoms with Gasteiger partial charge in [0.05, 0.1) is 30.0 Å². The van der Waals surface area contributed by atoms with Gasteiger partial charge in [0.15, 0.2) is 6.23 Å². The number of thiol groups is 1. The van der Waals surface area contributed by atoms with Crippen LogP contribution in [0.2, 0.25) is 0 Å². The standard InChI is InChI=1S/C17H26N4O2S/c1-13-11-17(21(19-13)15-5-3-4-9-23-15)24-16(6-7-18-24)20-8-10-22-12-14(20)2/h6-7,11,14-15,24H,3-5,8-10,12H2,1-2H3/t14-,15?/m1/s1. The fourth-order valence-electron chi connectivity index (χ4n) is 3.55. The Morgan fingerprint density at radius 1 is 1.29 bits per heavy atom. The summed E-state index contributed by atoms with van der Waals surface area (Å²) in [7, 11) is 0.